The van der Waals surface area contributed by atoms with Gasteiger partial charge in [0.25, 0.3) is 5.91 Å². The van der Waals surface area contributed by atoms with Gasteiger partial charge in [-0.25, -0.2) is 4.99 Å². The minimum atomic E-state index is -0.0737. The van der Waals surface area contributed by atoms with Crippen LogP contribution in [-0.2, 0) is 17.6 Å². The lowest BCUT2D eigenvalue weighted by atomic mass is 10.1. The molecule has 2 heterocycles. The number of aliphatic imine (C=N–C) groups is 1. The van der Waals surface area contributed by atoms with E-state index in [2.05, 4.69) is 38.1 Å². The molecule has 1 aliphatic heterocycles. The fourth-order valence-electron chi connectivity index (χ4n) is 3.42. The molecule has 2 aromatic carbocycles. The van der Waals surface area contributed by atoms with Crippen LogP contribution < -0.4 is 4.90 Å². The maximum absolute atomic E-state index is 13.4. The summed E-state index contributed by atoms with van der Waals surface area (Å²) in [7, 11) is 0. The number of aryl methyl sites for hydroxylation is 2. The Balaban J connectivity index is 1.71. The molecule has 162 valence electrons. The van der Waals surface area contributed by atoms with E-state index in [1.807, 2.05) is 55.5 Å². The highest BCUT2D eigenvalue weighted by molar-refractivity contribution is 8.19. The molecule has 0 spiro atoms. The van der Waals surface area contributed by atoms with Gasteiger partial charge in [0.1, 0.15) is 5.76 Å². The van der Waals surface area contributed by atoms with Crippen molar-refractivity contribution in [3.8, 4) is 0 Å². The van der Waals surface area contributed by atoms with Crippen LogP contribution >= 0.6 is 11.8 Å². The maximum Gasteiger partial charge on any atom is 0.271 e. The monoisotopic (exact) mass is 442 g/mol. The Kier molecular flexibility index (Phi) is 6.76. The number of hydrogen-bond donors (Lipinski definition) is 0. The third-order valence-electron chi connectivity index (χ3n) is 5.25. The fraction of sp³-hybridized carbons (Fsp3) is 0.185. The zero-order valence-electron chi connectivity index (χ0n) is 18.5. The molecule has 4 rings (SSSR count). The van der Waals surface area contributed by atoms with Crippen molar-refractivity contribution in [2.45, 2.75) is 33.6 Å². The Labute approximate surface area is 193 Å². The number of thioether (sulfide) groups is 1. The van der Waals surface area contributed by atoms with E-state index >= 15 is 0 Å². The standard InChI is InChI=1S/C27H26N2O2S/c1-4-20-8-12-22(13-9-20)28-27-29(23-14-10-21(5-2)11-15-23)26(30)25(32-27)18-19(3)17-24-7-6-16-31-24/h6-18H,4-5H2,1-3H3/b19-17+,25-18-,28-27?. The highest BCUT2D eigenvalue weighted by Crippen LogP contribution is 2.37. The Morgan fingerprint density at radius 3 is 2.25 bits per heavy atom. The summed E-state index contributed by atoms with van der Waals surface area (Å²) < 4.78 is 5.40. The summed E-state index contributed by atoms with van der Waals surface area (Å²) in [6.45, 7) is 6.21. The topological polar surface area (TPSA) is 45.8 Å². The molecule has 0 aliphatic carbocycles. The summed E-state index contributed by atoms with van der Waals surface area (Å²) in [5.41, 5.74) is 5.08. The molecule has 5 heteroatoms. The number of furan rings is 1. The highest BCUT2D eigenvalue weighted by Gasteiger charge is 2.34. The first-order chi connectivity index (χ1) is 15.6. The molecule has 0 saturated carbocycles. The Morgan fingerprint density at radius 1 is 1.00 bits per heavy atom. The molecule has 1 aromatic heterocycles. The van der Waals surface area contributed by atoms with E-state index < -0.39 is 0 Å². The molecule has 1 aliphatic rings. The molecule has 1 fully saturated rings. The van der Waals surface area contributed by atoms with Gasteiger partial charge in [0.15, 0.2) is 5.17 Å². The van der Waals surface area contributed by atoms with Crippen molar-refractivity contribution < 1.29 is 9.21 Å². The SMILES string of the molecule is CCc1ccc(N=C2S/C(=C\C(C)=C\c3ccco3)C(=O)N2c2ccc(CC)cc2)cc1. The van der Waals surface area contributed by atoms with Gasteiger partial charge in [0.05, 0.1) is 22.5 Å². The fourth-order valence-corrected chi connectivity index (χ4v) is 4.47. The van der Waals surface area contributed by atoms with Gasteiger partial charge < -0.3 is 4.42 Å². The molecule has 0 unspecified atom stereocenters. The van der Waals surface area contributed by atoms with Crippen molar-refractivity contribution in [2.24, 2.45) is 4.99 Å². The molecular weight excluding hydrogens is 416 g/mol. The first-order valence-corrected chi connectivity index (χ1v) is 11.6. The van der Waals surface area contributed by atoms with Gasteiger partial charge in [0, 0.05) is 0 Å². The van der Waals surface area contributed by atoms with Crippen molar-refractivity contribution >= 4 is 40.3 Å². The van der Waals surface area contributed by atoms with Gasteiger partial charge in [-0.1, -0.05) is 38.1 Å². The van der Waals surface area contributed by atoms with Crippen molar-refractivity contribution in [1.82, 2.24) is 0 Å². The predicted octanol–water partition coefficient (Wildman–Crippen LogP) is 7.16. The molecule has 0 bridgehead atoms. The van der Waals surface area contributed by atoms with Gasteiger partial charge in [-0.2, -0.15) is 0 Å². The zero-order chi connectivity index (χ0) is 22.5. The van der Waals surface area contributed by atoms with Gasteiger partial charge in [0.2, 0.25) is 0 Å². The molecule has 0 radical (unpaired) electrons. The number of rotatable bonds is 6. The third-order valence-corrected chi connectivity index (χ3v) is 6.22. The first kappa shape index (κ1) is 21.9. The van der Waals surface area contributed by atoms with Crippen molar-refractivity contribution in [2.75, 3.05) is 4.90 Å². The van der Waals surface area contributed by atoms with Gasteiger partial charge in [-0.3, -0.25) is 9.69 Å². The summed E-state index contributed by atoms with van der Waals surface area (Å²) in [6.07, 6.45) is 7.38. The number of hydrogen-bond acceptors (Lipinski definition) is 4. The number of anilines is 1. The largest absolute Gasteiger partial charge is 0.465 e. The lowest BCUT2D eigenvalue weighted by Crippen LogP contribution is -2.28. The third kappa shape index (κ3) is 4.94. The zero-order valence-corrected chi connectivity index (χ0v) is 19.4. The van der Waals surface area contributed by atoms with Crippen molar-refractivity contribution in [1.29, 1.82) is 0 Å². The molecule has 32 heavy (non-hydrogen) atoms. The van der Waals surface area contributed by atoms with E-state index in [9.17, 15) is 4.79 Å². The molecule has 3 aromatic rings. The van der Waals surface area contributed by atoms with E-state index in [0.29, 0.717) is 10.1 Å². The second-order valence-electron chi connectivity index (χ2n) is 7.59. The minimum Gasteiger partial charge on any atom is -0.465 e. The average Bonchev–Trinajstić information content (AvgIpc) is 3.42. The number of amidine groups is 1. The second kappa shape index (κ2) is 9.88. The van der Waals surface area contributed by atoms with Crippen LogP contribution in [-0.4, -0.2) is 11.1 Å². The van der Waals surface area contributed by atoms with Gasteiger partial charge in [-0.05, 0) is 96.8 Å². The van der Waals surface area contributed by atoms with Crippen LogP contribution in [0.5, 0.6) is 0 Å². The molecule has 1 saturated heterocycles. The first-order valence-electron chi connectivity index (χ1n) is 10.8. The van der Waals surface area contributed by atoms with Crippen LogP contribution in [0, 0.1) is 0 Å². The molecular formula is C27H26N2O2S. The normalized spacial score (nSPS) is 17.0. The van der Waals surface area contributed by atoms with Crippen LogP contribution in [0.15, 0.2) is 92.9 Å². The number of allylic oxidation sites excluding steroid dienone is 2. The van der Waals surface area contributed by atoms with E-state index in [4.69, 9.17) is 9.41 Å². The van der Waals surface area contributed by atoms with E-state index in [1.54, 1.807) is 11.2 Å². The molecule has 0 N–H and O–H groups in total. The van der Waals surface area contributed by atoms with Crippen molar-refractivity contribution in [3.63, 3.8) is 0 Å². The Morgan fingerprint density at radius 2 is 1.66 bits per heavy atom. The molecule has 4 nitrogen and oxygen atoms in total. The average molecular weight is 443 g/mol. The Hall–Kier alpha value is -3.31. The number of nitrogens with zero attached hydrogens (tertiary/aromatic N) is 2. The van der Waals surface area contributed by atoms with Crippen LogP contribution in [0.25, 0.3) is 6.08 Å². The minimum absolute atomic E-state index is 0.0737. The van der Waals surface area contributed by atoms with Crippen molar-refractivity contribution in [3.05, 3.63) is 100 Å². The summed E-state index contributed by atoms with van der Waals surface area (Å²) in [6, 6.07) is 20.0. The predicted molar refractivity (Wildman–Crippen MR) is 134 cm³/mol. The van der Waals surface area contributed by atoms with Crippen LogP contribution in [0.3, 0.4) is 0 Å². The van der Waals surface area contributed by atoms with Crippen LogP contribution in [0.2, 0.25) is 0 Å². The lowest BCUT2D eigenvalue weighted by molar-refractivity contribution is -0.113. The van der Waals surface area contributed by atoms with Gasteiger partial charge >= 0.3 is 0 Å². The summed E-state index contributed by atoms with van der Waals surface area (Å²) >= 11 is 1.39. The lowest BCUT2D eigenvalue weighted by Gasteiger charge is -2.16. The van der Waals surface area contributed by atoms with Gasteiger partial charge in [-0.15, -0.1) is 0 Å². The molecule has 1 amide bonds. The highest BCUT2D eigenvalue weighted by atomic mass is 32.2. The molecule has 0 atom stereocenters. The number of amides is 1. The Bertz CT molecular complexity index is 1170. The maximum atomic E-state index is 13.4. The van der Waals surface area contributed by atoms with Crippen LogP contribution in [0.4, 0.5) is 11.4 Å². The van der Waals surface area contributed by atoms with E-state index in [1.165, 1.54) is 22.9 Å². The number of carbonyl (C=O) groups is 1. The van der Waals surface area contributed by atoms with E-state index in [0.717, 1.165) is 35.5 Å². The van der Waals surface area contributed by atoms with Crippen LogP contribution in [0.1, 0.15) is 37.7 Å². The van der Waals surface area contributed by atoms with E-state index in [-0.39, 0.29) is 5.91 Å². The summed E-state index contributed by atoms with van der Waals surface area (Å²) in [5, 5.41) is 0.653. The number of benzene rings is 2. The number of carbonyl (C=O) groups excluding carboxylic acids is 1. The smallest absolute Gasteiger partial charge is 0.271 e. The quantitative estimate of drug-likeness (QED) is 0.381. The second-order valence-corrected chi connectivity index (χ2v) is 8.60. The summed E-state index contributed by atoms with van der Waals surface area (Å²) in [5.74, 6) is 0.682. The summed E-state index contributed by atoms with van der Waals surface area (Å²) in [4.78, 5) is 20.6.